The lowest BCUT2D eigenvalue weighted by Crippen LogP contribution is -2.24. The number of methoxy groups -OCH3 is 1. The van der Waals surface area contributed by atoms with Crippen LogP contribution in [-0.2, 0) is 16.1 Å². The second kappa shape index (κ2) is 4.67. The predicted octanol–water partition coefficient (Wildman–Crippen LogP) is 1.84. The molecule has 0 radical (unpaired) electrons. The number of carbonyl (C=O) groups is 1. The summed E-state index contributed by atoms with van der Waals surface area (Å²) in [5.41, 5.74) is 0.612. The van der Waals surface area contributed by atoms with Crippen LogP contribution in [0, 0.1) is 0 Å². The average Bonchev–Trinajstić information content (AvgIpc) is 2.68. The molecular formula is C10H11ClN2O3. The topological polar surface area (TPSA) is 51.7 Å². The second-order valence-electron chi connectivity index (χ2n) is 3.30. The molecule has 1 amide bonds. The van der Waals surface area contributed by atoms with Crippen LogP contribution in [0.15, 0.2) is 12.1 Å². The number of cyclic esters (lactones) is 1. The molecule has 1 aromatic rings. The molecule has 0 saturated carbocycles. The van der Waals surface area contributed by atoms with Gasteiger partial charge in [-0.25, -0.2) is 9.78 Å². The van der Waals surface area contributed by atoms with Gasteiger partial charge in [0.2, 0.25) is 0 Å². The number of pyridine rings is 1. The molecule has 0 unspecified atom stereocenters. The number of ether oxygens (including phenoxy) is 2. The van der Waals surface area contributed by atoms with Crippen LogP contribution < -0.4 is 4.90 Å². The van der Waals surface area contributed by atoms with E-state index in [9.17, 15) is 4.79 Å². The number of amides is 1. The number of hydrogen-bond donors (Lipinski definition) is 0. The summed E-state index contributed by atoms with van der Waals surface area (Å²) in [4.78, 5) is 17.1. The minimum absolute atomic E-state index is 0.315. The molecule has 1 saturated heterocycles. The van der Waals surface area contributed by atoms with E-state index in [-0.39, 0.29) is 6.09 Å². The number of halogens is 1. The summed E-state index contributed by atoms with van der Waals surface area (Å²) in [7, 11) is 1.56. The highest BCUT2D eigenvalue weighted by Gasteiger charge is 2.25. The highest BCUT2D eigenvalue weighted by atomic mass is 35.5. The fraction of sp³-hybridized carbons (Fsp3) is 0.400. The van der Waals surface area contributed by atoms with Gasteiger partial charge in [0.25, 0.3) is 0 Å². The third-order valence-electron chi connectivity index (χ3n) is 2.22. The van der Waals surface area contributed by atoms with E-state index in [1.54, 1.807) is 19.2 Å². The average molecular weight is 243 g/mol. The molecule has 0 bridgehead atoms. The van der Waals surface area contributed by atoms with Crippen molar-refractivity contribution in [3.63, 3.8) is 0 Å². The Morgan fingerprint density at radius 3 is 3.06 bits per heavy atom. The quantitative estimate of drug-likeness (QED) is 0.812. The standard InChI is InChI=1S/C10H11ClN2O3/c1-15-6-8-7(11)2-3-9(12-8)13-4-5-16-10(13)14/h2-3H,4-6H2,1H3. The summed E-state index contributed by atoms with van der Waals surface area (Å²) in [6, 6.07) is 3.39. The van der Waals surface area contributed by atoms with Gasteiger partial charge in [-0.1, -0.05) is 11.6 Å². The van der Waals surface area contributed by atoms with Gasteiger partial charge < -0.3 is 9.47 Å². The Bertz CT molecular complexity index is 411. The molecule has 5 nitrogen and oxygen atoms in total. The van der Waals surface area contributed by atoms with E-state index in [1.165, 1.54) is 4.90 Å². The van der Waals surface area contributed by atoms with E-state index in [0.717, 1.165) is 0 Å². The zero-order valence-electron chi connectivity index (χ0n) is 8.77. The lowest BCUT2D eigenvalue weighted by Gasteiger charge is -2.13. The Balaban J connectivity index is 2.27. The molecule has 1 aliphatic rings. The summed E-state index contributed by atoms with van der Waals surface area (Å²) in [5.74, 6) is 0.541. The van der Waals surface area contributed by atoms with Crippen molar-refractivity contribution in [2.45, 2.75) is 6.61 Å². The minimum atomic E-state index is -0.377. The molecule has 0 N–H and O–H groups in total. The van der Waals surface area contributed by atoms with Crippen LogP contribution in [0.25, 0.3) is 0 Å². The minimum Gasteiger partial charge on any atom is -0.447 e. The molecule has 86 valence electrons. The Kier molecular flexibility index (Phi) is 3.26. The molecule has 1 fully saturated rings. The maximum absolute atomic E-state index is 11.3. The molecule has 6 heteroatoms. The van der Waals surface area contributed by atoms with E-state index in [0.29, 0.717) is 36.3 Å². The Morgan fingerprint density at radius 1 is 1.62 bits per heavy atom. The molecule has 2 heterocycles. The first kappa shape index (κ1) is 11.2. The number of hydrogen-bond acceptors (Lipinski definition) is 4. The van der Waals surface area contributed by atoms with E-state index in [2.05, 4.69) is 4.98 Å². The van der Waals surface area contributed by atoms with Crippen molar-refractivity contribution < 1.29 is 14.3 Å². The van der Waals surface area contributed by atoms with Crippen molar-refractivity contribution in [3.05, 3.63) is 22.8 Å². The lowest BCUT2D eigenvalue weighted by molar-refractivity contribution is 0.180. The van der Waals surface area contributed by atoms with Crippen LogP contribution in [0.4, 0.5) is 10.6 Å². The maximum atomic E-state index is 11.3. The van der Waals surface area contributed by atoms with Gasteiger partial charge in [0.15, 0.2) is 0 Å². The molecule has 0 aromatic carbocycles. The van der Waals surface area contributed by atoms with Crippen molar-refractivity contribution in [3.8, 4) is 0 Å². The zero-order chi connectivity index (χ0) is 11.5. The number of rotatable bonds is 3. The van der Waals surface area contributed by atoms with Crippen LogP contribution >= 0.6 is 11.6 Å². The molecule has 0 aliphatic carbocycles. The van der Waals surface area contributed by atoms with Crippen molar-refractivity contribution in [1.29, 1.82) is 0 Å². The van der Waals surface area contributed by atoms with Gasteiger partial charge in [-0.2, -0.15) is 0 Å². The van der Waals surface area contributed by atoms with Gasteiger partial charge in [-0.3, -0.25) is 4.90 Å². The molecule has 1 aromatic heterocycles. The largest absolute Gasteiger partial charge is 0.447 e. The van der Waals surface area contributed by atoms with E-state index >= 15 is 0 Å². The highest BCUT2D eigenvalue weighted by molar-refractivity contribution is 6.31. The zero-order valence-corrected chi connectivity index (χ0v) is 9.53. The fourth-order valence-corrected chi connectivity index (χ4v) is 1.62. The van der Waals surface area contributed by atoms with Crippen molar-refractivity contribution in [2.24, 2.45) is 0 Å². The van der Waals surface area contributed by atoms with Gasteiger partial charge in [-0.05, 0) is 12.1 Å². The van der Waals surface area contributed by atoms with Gasteiger partial charge in [-0.15, -0.1) is 0 Å². The molecule has 0 atom stereocenters. The van der Waals surface area contributed by atoms with Crippen LogP contribution in [0.1, 0.15) is 5.69 Å². The number of nitrogens with zero attached hydrogens (tertiary/aromatic N) is 2. The first-order valence-corrected chi connectivity index (χ1v) is 5.19. The summed E-state index contributed by atoms with van der Waals surface area (Å²) < 4.78 is 9.80. The summed E-state index contributed by atoms with van der Waals surface area (Å²) in [6.45, 7) is 1.22. The molecule has 1 aliphatic heterocycles. The molecule has 0 spiro atoms. The van der Waals surface area contributed by atoms with Gasteiger partial charge in [0.05, 0.1) is 23.9 Å². The van der Waals surface area contributed by atoms with E-state index in [4.69, 9.17) is 21.1 Å². The summed E-state index contributed by atoms with van der Waals surface area (Å²) in [6.07, 6.45) is -0.377. The normalized spacial score (nSPS) is 15.4. The number of anilines is 1. The van der Waals surface area contributed by atoms with Gasteiger partial charge in [0.1, 0.15) is 12.4 Å². The van der Waals surface area contributed by atoms with Crippen LogP contribution in [0.3, 0.4) is 0 Å². The lowest BCUT2D eigenvalue weighted by atomic mass is 10.3. The van der Waals surface area contributed by atoms with Gasteiger partial charge >= 0.3 is 6.09 Å². The predicted molar refractivity (Wildman–Crippen MR) is 58.7 cm³/mol. The van der Waals surface area contributed by atoms with Crippen molar-refractivity contribution in [2.75, 3.05) is 25.2 Å². The van der Waals surface area contributed by atoms with Crippen molar-refractivity contribution >= 4 is 23.5 Å². The first-order valence-electron chi connectivity index (χ1n) is 4.81. The Morgan fingerprint density at radius 2 is 2.44 bits per heavy atom. The smallest absolute Gasteiger partial charge is 0.415 e. The summed E-state index contributed by atoms with van der Waals surface area (Å²) >= 11 is 5.94. The van der Waals surface area contributed by atoms with Crippen LogP contribution in [-0.4, -0.2) is 31.3 Å². The van der Waals surface area contributed by atoms with Crippen LogP contribution in [0.2, 0.25) is 5.02 Å². The third kappa shape index (κ3) is 2.10. The van der Waals surface area contributed by atoms with E-state index < -0.39 is 0 Å². The molecular weight excluding hydrogens is 232 g/mol. The SMILES string of the molecule is COCc1nc(N2CCOC2=O)ccc1Cl. The highest BCUT2D eigenvalue weighted by Crippen LogP contribution is 2.21. The molecule has 2 rings (SSSR count). The Hall–Kier alpha value is -1.33. The fourth-order valence-electron chi connectivity index (χ4n) is 1.46. The second-order valence-corrected chi connectivity index (χ2v) is 3.70. The monoisotopic (exact) mass is 242 g/mol. The number of carbonyl (C=O) groups excluding carboxylic acids is 1. The van der Waals surface area contributed by atoms with Crippen LogP contribution in [0.5, 0.6) is 0 Å². The van der Waals surface area contributed by atoms with E-state index in [1.807, 2.05) is 0 Å². The number of aromatic nitrogens is 1. The summed E-state index contributed by atoms with van der Waals surface area (Å²) in [5, 5.41) is 0.526. The maximum Gasteiger partial charge on any atom is 0.415 e. The third-order valence-corrected chi connectivity index (χ3v) is 2.57. The molecule has 16 heavy (non-hydrogen) atoms. The first-order chi connectivity index (χ1) is 7.72. The van der Waals surface area contributed by atoms with Crippen molar-refractivity contribution in [1.82, 2.24) is 4.98 Å². The van der Waals surface area contributed by atoms with Gasteiger partial charge in [0, 0.05) is 7.11 Å². The Labute approximate surface area is 97.9 Å².